The Morgan fingerprint density at radius 3 is 1.04 bits per heavy atom. The van der Waals surface area contributed by atoms with Crippen molar-refractivity contribution in [3.8, 4) is 0 Å². The number of hydrogen-bond acceptors (Lipinski definition) is 8. The van der Waals surface area contributed by atoms with Gasteiger partial charge in [0, 0.05) is 0 Å². The molecular weight excluding hydrogens is 516 g/mol. The maximum Gasteiger partial charge on any atom is 0.425 e. The third-order valence-corrected chi connectivity index (χ3v) is 13.1. The summed E-state index contributed by atoms with van der Waals surface area (Å²) in [4.78, 5) is 21.0. The molecule has 1 rings (SSSR count). The van der Waals surface area contributed by atoms with Crippen LogP contribution in [0.15, 0.2) is 27.1 Å². The number of halogens is 10. The van der Waals surface area contributed by atoms with E-state index in [2.05, 4.69) is 0 Å². The minimum absolute atomic E-state index is 1.18. The van der Waals surface area contributed by atoms with E-state index in [4.69, 9.17) is 0 Å². The Morgan fingerprint density at radius 1 is 0.423 bits per heavy atom. The highest BCUT2D eigenvalue weighted by Gasteiger charge is 2.39. The van der Waals surface area contributed by atoms with Gasteiger partial charge in [-0.1, -0.05) is 0 Å². The topological polar surface area (TPSA) is 108 Å². The molecule has 0 spiro atoms. The minimum Gasteiger partial charge on any atom is -0.292 e. The molecule has 0 N–H and O–H groups in total. The van der Waals surface area contributed by atoms with Crippen molar-refractivity contribution in [1.82, 2.24) is 0 Å². The molecule has 26 heavy (non-hydrogen) atoms. The summed E-state index contributed by atoms with van der Waals surface area (Å²) >= 11 is 0. The van der Waals surface area contributed by atoms with Crippen LogP contribution in [0.5, 0.6) is 0 Å². The van der Waals surface area contributed by atoms with Gasteiger partial charge in [-0.2, -0.15) is 12.9 Å². The molecule has 0 radical (unpaired) electrons. The summed E-state index contributed by atoms with van der Waals surface area (Å²) in [6.07, 6.45) is 0. The second-order valence-corrected chi connectivity index (χ2v) is 14.3. The van der Waals surface area contributed by atoms with Crippen molar-refractivity contribution in [3.63, 3.8) is 0 Å². The van der Waals surface area contributed by atoms with Gasteiger partial charge < -0.3 is 0 Å². The van der Waals surface area contributed by atoms with Crippen LogP contribution in [-0.4, -0.2) is 12.1 Å². The van der Waals surface area contributed by atoms with Crippen LogP contribution < -0.4 is 0 Å². The molecule has 1 aliphatic heterocycles. The van der Waals surface area contributed by atoms with Crippen LogP contribution in [0.2, 0.25) is 0 Å². The van der Waals surface area contributed by atoms with E-state index in [0.717, 1.165) is 0 Å². The molecule has 8 nitrogen and oxygen atoms in total. The molecule has 0 aromatic carbocycles. The number of carbonyl (C=O) groups is 2. The quantitative estimate of drug-likeness (QED) is 0.206. The van der Waals surface area contributed by atoms with Gasteiger partial charge in [-0.25, -0.2) is 0 Å². The first-order valence-electron chi connectivity index (χ1n) is 5.08. The SMILES string of the molecule is O=CP1(F)=NP(F)(F)=NP(F)(F)=NP(F)(F)=NP(F)(F)=NP(F)(C=O)=N1. The van der Waals surface area contributed by atoms with Crippen LogP contribution in [0, 0.1) is 0 Å². The first kappa shape index (κ1) is 24.1. The highest BCUT2D eigenvalue weighted by molar-refractivity contribution is 7.89. The molecule has 0 aromatic heterocycles. The third kappa shape index (κ3) is 7.21. The monoisotopic (exact) mass is 518 g/mol. The molecule has 2 unspecified atom stereocenters. The van der Waals surface area contributed by atoms with E-state index in [1.165, 1.54) is 13.5 Å². The molecule has 2 atom stereocenters. The summed E-state index contributed by atoms with van der Waals surface area (Å²) in [5, 5.41) is 0. The maximum atomic E-state index is 13.9. The van der Waals surface area contributed by atoms with Gasteiger partial charge in [0.2, 0.25) is 12.1 Å². The van der Waals surface area contributed by atoms with Crippen molar-refractivity contribution in [1.29, 1.82) is 0 Å². The van der Waals surface area contributed by atoms with Gasteiger partial charge in [0.1, 0.15) is 0 Å². The Hall–Kier alpha value is 0.0200. The molecule has 0 amide bonds. The molecule has 24 heteroatoms. The Balaban J connectivity index is 4.24. The molecule has 0 saturated heterocycles. The number of hydrogen-bond donors (Lipinski definition) is 0. The Morgan fingerprint density at radius 2 is 0.692 bits per heavy atom. The molecule has 0 bridgehead atoms. The normalized spacial score (nSPS) is 35.2. The summed E-state index contributed by atoms with van der Waals surface area (Å²) in [6.45, 7) is 0. The van der Waals surface area contributed by atoms with Crippen LogP contribution in [-0.2, 0) is 9.59 Å². The fourth-order valence-electron chi connectivity index (χ4n) is 1.06. The van der Waals surface area contributed by atoms with Gasteiger partial charge in [-0.15, -0.1) is 56.2 Å². The summed E-state index contributed by atoms with van der Waals surface area (Å²) in [5.74, 6) is 0. The van der Waals surface area contributed by atoms with E-state index in [1.807, 2.05) is 4.52 Å². The van der Waals surface area contributed by atoms with Gasteiger partial charge >= 0.3 is 46.3 Å². The van der Waals surface area contributed by atoms with Crippen LogP contribution in [0.25, 0.3) is 0 Å². The standard InChI is InChI=1S/C2H2F10N6O2P6/c3-21(1-19)13-22(4,2-20)15-24(7,8)17-26(11,12)18-25(9,10)16-23(5,6)14-21/h1-2H. The second kappa shape index (κ2) is 7.45. The fraction of sp³-hybridized carbons (Fsp3) is 0. The Kier molecular flexibility index (Phi) is 6.89. The Labute approximate surface area is 138 Å². The third-order valence-electron chi connectivity index (χ3n) is 1.63. The first-order chi connectivity index (χ1) is 11.4. The smallest absolute Gasteiger partial charge is 0.292 e. The molecule has 152 valence electrons. The molecule has 0 saturated carbocycles. The van der Waals surface area contributed by atoms with E-state index >= 15 is 0 Å². The zero-order valence-corrected chi connectivity index (χ0v) is 16.5. The highest BCUT2D eigenvalue weighted by atomic mass is 31.3. The number of nitrogens with zero attached hydrogens (tertiary/aromatic N) is 6. The molecule has 1 heterocycles. The van der Waals surface area contributed by atoms with E-state index in [0.29, 0.717) is 0 Å². The molecule has 0 fully saturated rings. The summed E-state index contributed by atoms with van der Waals surface area (Å²) < 4.78 is 143. The largest absolute Gasteiger partial charge is 0.425 e. The maximum absolute atomic E-state index is 13.9. The average molecular weight is 518 g/mol. The molecular formula is C2H2F10N6O2P6. The first-order valence-corrected chi connectivity index (χ1v) is 14.3. The predicted molar refractivity (Wildman–Crippen MR) is 80.7 cm³/mol. The highest BCUT2D eigenvalue weighted by Crippen LogP contribution is 2.81. The summed E-state index contributed by atoms with van der Waals surface area (Å²) in [6, 6.07) is -2.45. The zero-order chi connectivity index (χ0) is 20.7. The molecule has 0 aliphatic carbocycles. The lowest BCUT2D eigenvalue weighted by Gasteiger charge is -2.11. The summed E-state index contributed by atoms with van der Waals surface area (Å²) in [7, 11) is -40.3. The second-order valence-electron chi connectivity index (χ2n) is 3.71. The lowest BCUT2D eigenvalue weighted by atomic mass is 11.8. The van der Waals surface area contributed by atoms with Crippen molar-refractivity contribution in [3.05, 3.63) is 0 Å². The van der Waals surface area contributed by atoms with Gasteiger partial charge in [-0.3, -0.25) is 9.59 Å². The van der Waals surface area contributed by atoms with Gasteiger partial charge in [0.05, 0.1) is 0 Å². The van der Waals surface area contributed by atoms with Gasteiger partial charge in [0.15, 0.2) is 0 Å². The van der Waals surface area contributed by atoms with Crippen molar-refractivity contribution in [2.24, 2.45) is 27.1 Å². The van der Waals surface area contributed by atoms with Crippen molar-refractivity contribution < 1.29 is 51.6 Å². The van der Waals surface area contributed by atoms with Crippen molar-refractivity contribution in [2.75, 3.05) is 0 Å². The molecule has 1 aliphatic rings. The van der Waals surface area contributed by atoms with Gasteiger partial charge in [0.25, 0.3) is 0 Å². The van der Waals surface area contributed by atoms with Crippen LogP contribution in [0.3, 0.4) is 0 Å². The van der Waals surface area contributed by atoms with E-state index in [9.17, 15) is 51.6 Å². The van der Waals surface area contributed by atoms with E-state index < -0.39 is 58.4 Å². The minimum atomic E-state index is -7.05. The van der Waals surface area contributed by atoms with Gasteiger partial charge in [-0.05, 0) is 0 Å². The zero-order valence-electron chi connectivity index (χ0n) is 11.1. The summed E-state index contributed by atoms with van der Waals surface area (Å²) in [5.41, 5.74) is 0. The van der Waals surface area contributed by atoms with E-state index in [-0.39, 0.29) is 0 Å². The number of carbonyl (C=O) groups excluding carboxylic acids is 2. The van der Waals surface area contributed by atoms with Crippen molar-refractivity contribution in [2.45, 2.75) is 0 Å². The lowest BCUT2D eigenvalue weighted by Crippen LogP contribution is -1.76. The number of rotatable bonds is 2. The fourth-order valence-corrected chi connectivity index (χ4v) is 11.5. The van der Waals surface area contributed by atoms with Crippen LogP contribution >= 0.6 is 46.3 Å². The van der Waals surface area contributed by atoms with E-state index in [1.54, 1.807) is 9.03 Å². The average Bonchev–Trinajstić information content (AvgIpc) is 2.30. The van der Waals surface area contributed by atoms with Crippen LogP contribution in [0.4, 0.5) is 42.0 Å². The molecule has 0 aromatic rings. The Bertz CT molecular complexity index is 935. The van der Waals surface area contributed by atoms with Crippen LogP contribution in [0.1, 0.15) is 0 Å². The predicted octanol–water partition coefficient (Wildman–Crippen LogP) is 9.92. The lowest BCUT2D eigenvalue weighted by molar-refractivity contribution is 0.566. The van der Waals surface area contributed by atoms with Crippen molar-refractivity contribution >= 4 is 58.4 Å².